The van der Waals surface area contributed by atoms with Crippen LogP contribution in [0, 0.1) is 6.92 Å². The van der Waals surface area contributed by atoms with Crippen LogP contribution in [0.5, 0.6) is 0 Å². The van der Waals surface area contributed by atoms with Gasteiger partial charge in [-0.15, -0.1) is 0 Å². The van der Waals surface area contributed by atoms with Crippen molar-refractivity contribution in [2.75, 3.05) is 0 Å². The summed E-state index contributed by atoms with van der Waals surface area (Å²) < 4.78 is 22.1. The average Bonchev–Trinajstić information content (AvgIpc) is 2.17. The van der Waals surface area contributed by atoms with Gasteiger partial charge in [-0.25, -0.2) is 8.42 Å². The second kappa shape index (κ2) is 3.98. The molecule has 0 radical (unpaired) electrons. The minimum atomic E-state index is -3.84. The molecule has 0 aliphatic carbocycles. The molecule has 0 heterocycles. The molecule has 0 atom stereocenters. The molecule has 0 saturated heterocycles. The van der Waals surface area contributed by atoms with E-state index >= 15 is 0 Å². The lowest BCUT2D eigenvalue weighted by Crippen LogP contribution is -2.09. The Bertz CT molecular complexity index is 450. The van der Waals surface area contributed by atoms with Crippen molar-refractivity contribution in [1.29, 1.82) is 0 Å². The highest BCUT2D eigenvalue weighted by Crippen LogP contribution is 2.15. The molecule has 1 rings (SSSR count). The zero-order valence-electron chi connectivity index (χ0n) is 7.31. The molecule has 0 amide bonds. The van der Waals surface area contributed by atoms with Crippen molar-refractivity contribution >= 4 is 25.9 Å². The molecule has 0 saturated carbocycles. The molecule has 1 aromatic rings. The standard InChI is InChI=1S/C8H8ClNO3S/c1-6-2-4-7(5-3-6)14(12,13)8(9)10-11/h2-5,11H,1H3/b10-8+. The highest BCUT2D eigenvalue weighted by atomic mass is 35.5. The lowest BCUT2D eigenvalue weighted by atomic mass is 10.2. The van der Waals surface area contributed by atoms with Crippen LogP contribution >= 0.6 is 11.6 Å². The van der Waals surface area contributed by atoms with Gasteiger partial charge in [-0.2, -0.15) is 0 Å². The number of hydrogen-bond donors (Lipinski definition) is 1. The van der Waals surface area contributed by atoms with E-state index in [1.54, 1.807) is 12.1 Å². The fraction of sp³-hybridized carbons (Fsp3) is 0.125. The van der Waals surface area contributed by atoms with Gasteiger partial charge in [0.05, 0.1) is 4.90 Å². The van der Waals surface area contributed by atoms with Gasteiger partial charge in [-0.05, 0) is 30.7 Å². The van der Waals surface area contributed by atoms with E-state index in [1.807, 2.05) is 6.92 Å². The van der Waals surface area contributed by atoms with Gasteiger partial charge in [0.1, 0.15) is 0 Å². The summed E-state index contributed by atoms with van der Waals surface area (Å²) in [6.07, 6.45) is 0. The average molecular weight is 234 g/mol. The lowest BCUT2D eigenvalue weighted by molar-refractivity contribution is 0.321. The summed E-state index contributed by atoms with van der Waals surface area (Å²) in [5, 5.41) is 10.7. The Morgan fingerprint density at radius 3 is 2.29 bits per heavy atom. The summed E-state index contributed by atoms with van der Waals surface area (Å²) >= 11 is 5.24. The van der Waals surface area contributed by atoms with Crippen LogP contribution in [0.4, 0.5) is 0 Å². The number of aryl methyl sites for hydroxylation is 1. The first-order valence-corrected chi connectivity index (χ1v) is 5.54. The number of nitrogens with zero attached hydrogens (tertiary/aromatic N) is 1. The summed E-state index contributed by atoms with van der Waals surface area (Å²) in [7, 11) is -3.84. The molecule has 0 fully saturated rings. The van der Waals surface area contributed by atoms with E-state index in [-0.39, 0.29) is 4.90 Å². The van der Waals surface area contributed by atoms with Crippen molar-refractivity contribution in [2.45, 2.75) is 11.8 Å². The third-order valence-corrected chi connectivity index (χ3v) is 3.73. The van der Waals surface area contributed by atoms with E-state index in [0.29, 0.717) is 0 Å². The molecule has 0 bridgehead atoms. The third-order valence-electron chi connectivity index (χ3n) is 1.63. The van der Waals surface area contributed by atoms with Crippen molar-refractivity contribution in [1.82, 2.24) is 0 Å². The lowest BCUT2D eigenvalue weighted by Gasteiger charge is -2.00. The van der Waals surface area contributed by atoms with Crippen LogP contribution in [0.3, 0.4) is 0 Å². The Hall–Kier alpha value is -1.07. The fourth-order valence-electron chi connectivity index (χ4n) is 0.868. The highest BCUT2D eigenvalue weighted by Gasteiger charge is 2.20. The molecule has 1 N–H and O–H groups in total. The van der Waals surface area contributed by atoms with Crippen molar-refractivity contribution in [3.63, 3.8) is 0 Å². The van der Waals surface area contributed by atoms with Gasteiger partial charge in [0.25, 0.3) is 4.50 Å². The van der Waals surface area contributed by atoms with Gasteiger partial charge in [-0.3, -0.25) is 0 Å². The molecule has 0 aliphatic heterocycles. The molecule has 0 aliphatic rings. The predicted octanol–water partition coefficient (Wildman–Crippen LogP) is 1.75. The molecule has 76 valence electrons. The van der Waals surface area contributed by atoms with Gasteiger partial charge < -0.3 is 5.21 Å². The molecule has 0 spiro atoms. The zero-order valence-corrected chi connectivity index (χ0v) is 8.88. The van der Waals surface area contributed by atoms with Crippen LogP contribution in [-0.2, 0) is 9.84 Å². The SMILES string of the molecule is Cc1ccc(S(=O)(=O)/C(Cl)=N/O)cc1. The maximum absolute atomic E-state index is 11.5. The Labute approximate surface area is 86.7 Å². The molecule has 1 aromatic carbocycles. The molecule has 6 heteroatoms. The van der Waals surface area contributed by atoms with Gasteiger partial charge in [-0.1, -0.05) is 22.9 Å². The minimum Gasteiger partial charge on any atom is -0.409 e. The van der Waals surface area contributed by atoms with Crippen LogP contribution in [0.15, 0.2) is 34.3 Å². The quantitative estimate of drug-likeness (QED) is 0.348. The summed E-state index contributed by atoms with van der Waals surface area (Å²) in [6.45, 7) is 1.83. The first kappa shape index (κ1) is 11.0. The summed E-state index contributed by atoms with van der Waals surface area (Å²) in [4.78, 5) is 0.00546. The summed E-state index contributed by atoms with van der Waals surface area (Å²) in [5.74, 6) is 0. The Morgan fingerprint density at radius 2 is 1.86 bits per heavy atom. The first-order valence-electron chi connectivity index (χ1n) is 3.68. The fourth-order valence-corrected chi connectivity index (χ4v) is 1.93. The highest BCUT2D eigenvalue weighted by molar-refractivity contribution is 8.09. The van der Waals surface area contributed by atoms with Crippen molar-refractivity contribution in [3.8, 4) is 0 Å². The van der Waals surface area contributed by atoms with Crippen LogP contribution in [0.1, 0.15) is 5.56 Å². The minimum absolute atomic E-state index is 0.00546. The van der Waals surface area contributed by atoms with E-state index in [4.69, 9.17) is 16.8 Å². The Kier molecular flexibility index (Phi) is 3.13. The summed E-state index contributed by atoms with van der Waals surface area (Å²) in [5.41, 5.74) is 0.931. The topological polar surface area (TPSA) is 66.7 Å². The van der Waals surface area contributed by atoms with Gasteiger partial charge in [0, 0.05) is 0 Å². The van der Waals surface area contributed by atoms with Gasteiger partial charge in [0.2, 0.25) is 9.84 Å². The van der Waals surface area contributed by atoms with Gasteiger partial charge in [0.15, 0.2) is 0 Å². The maximum Gasteiger partial charge on any atom is 0.264 e. The second-order valence-electron chi connectivity index (χ2n) is 2.67. The summed E-state index contributed by atoms with van der Waals surface area (Å²) in [6, 6.07) is 6.07. The smallest absolute Gasteiger partial charge is 0.264 e. The maximum atomic E-state index is 11.5. The van der Waals surface area contributed by atoms with Crippen molar-refractivity contribution < 1.29 is 13.6 Å². The van der Waals surface area contributed by atoms with Crippen LogP contribution in [0.25, 0.3) is 0 Å². The van der Waals surface area contributed by atoms with Crippen LogP contribution in [0.2, 0.25) is 0 Å². The van der Waals surface area contributed by atoms with Crippen molar-refractivity contribution in [2.24, 2.45) is 5.16 Å². The van der Waals surface area contributed by atoms with Gasteiger partial charge >= 0.3 is 0 Å². The molecule has 4 nitrogen and oxygen atoms in total. The molecular weight excluding hydrogens is 226 g/mol. The predicted molar refractivity (Wildman–Crippen MR) is 53.4 cm³/mol. The number of sulfone groups is 1. The molecule has 0 unspecified atom stereocenters. The van der Waals surface area contributed by atoms with E-state index < -0.39 is 14.3 Å². The number of benzene rings is 1. The molecule has 0 aromatic heterocycles. The van der Waals surface area contributed by atoms with Crippen molar-refractivity contribution in [3.05, 3.63) is 29.8 Å². The Morgan fingerprint density at radius 1 is 1.36 bits per heavy atom. The van der Waals surface area contributed by atoms with Crippen LogP contribution in [-0.4, -0.2) is 18.1 Å². The second-order valence-corrected chi connectivity index (χ2v) is 5.12. The number of rotatable bonds is 1. The normalized spacial score (nSPS) is 12.9. The zero-order chi connectivity index (χ0) is 10.8. The van der Waals surface area contributed by atoms with E-state index in [0.717, 1.165) is 5.56 Å². The number of hydrogen-bond acceptors (Lipinski definition) is 4. The van der Waals surface area contributed by atoms with E-state index in [1.165, 1.54) is 12.1 Å². The van der Waals surface area contributed by atoms with E-state index in [9.17, 15) is 8.42 Å². The number of oxime groups is 1. The molecule has 14 heavy (non-hydrogen) atoms. The van der Waals surface area contributed by atoms with E-state index in [2.05, 4.69) is 5.16 Å². The first-order chi connectivity index (χ1) is 6.48. The largest absolute Gasteiger partial charge is 0.409 e. The molecular formula is C8H8ClNO3S. The monoisotopic (exact) mass is 233 g/mol. The third kappa shape index (κ3) is 2.05. The Balaban J connectivity index is 3.25. The number of halogens is 1. The van der Waals surface area contributed by atoms with Crippen LogP contribution < -0.4 is 0 Å².